The topological polar surface area (TPSA) is 35.2 Å². The zero-order chi connectivity index (χ0) is 13.8. The fourth-order valence-corrected chi connectivity index (χ4v) is 3.72. The summed E-state index contributed by atoms with van der Waals surface area (Å²) in [6, 6.07) is 16.9. The Hall–Kier alpha value is -1.45. The summed E-state index contributed by atoms with van der Waals surface area (Å²) in [4.78, 5) is 1.40. The molecule has 104 valence electrons. The fraction of sp³-hybridized carbons (Fsp3) is 0.294. The molecule has 3 rings (SSSR count). The highest BCUT2D eigenvalue weighted by Crippen LogP contribution is 2.39. The number of rotatable bonds is 5. The lowest BCUT2D eigenvalue weighted by molar-refractivity contribution is 0.298. The number of nitrogens with two attached hydrogens (primary N) is 1. The number of benzene rings is 2. The van der Waals surface area contributed by atoms with Gasteiger partial charge in [0.05, 0.1) is 6.61 Å². The Balaban J connectivity index is 1.60. The predicted octanol–water partition coefficient (Wildman–Crippen LogP) is 3.46. The third-order valence-corrected chi connectivity index (χ3v) is 4.86. The Kier molecular flexibility index (Phi) is 4.28. The van der Waals surface area contributed by atoms with Crippen LogP contribution in [0.3, 0.4) is 0 Å². The Labute approximate surface area is 124 Å². The highest BCUT2D eigenvalue weighted by atomic mass is 32.2. The molecule has 2 N–H and O–H groups in total. The second kappa shape index (κ2) is 6.33. The molecule has 0 spiro atoms. The van der Waals surface area contributed by atoms with Crippen LogP contribution in [0.1, 0.15) is 17.0 Å². The Bertz CT molecular complexity index is 567. The van der Waals surface area contributed by atoms with Crippen molar-refractivity contribution in [3.8, 4) is 5.75 Å². The van der Waals surface area contributed by atoms with E-state index >= 15 is 0 Å². The second-order valence-electron chi connectivity index (χ2n) is 5.04. The average molecular weight is 285 g/mol. The van der Waals surface area contributed by atoms with E-state index in [0.717, 1.165) is 24.5 Å². The molecule has 0 saturated carbocycles. The average Bonchev–Trinajstić information content (AvgIpc) is 2.90. The number of hydrogen-bond donors (Lipinski definition) is 1. The number of ether oxygens (including phenoxy) is 1. The van der Waals surface area contributed by atoms with Crippen molar-refractivity contribution in [1.82, 2.24) is 0 Å². The maximum absolute atomic E-state index is 5.94. The summed E-state index contributed by atoms with van der Waals surface area (Å²) >= 11 is 1.93. The SMILES string of the molecule is NCCc1ccc(OCC2CSc3ccccc32)cc1. The fourth-order valence-electron chi connectivity index (χ4n) is 2.48. The van der Waals surface area contributed by atoms with Crippen LogP contribution in [0.2, 0.25) is 0 Å². The molecule has 1 aliphatic rings. The van der Waals surface area contributed by atoms with E-state index in [4.69, 9.17) is 10.5 Å². The van der Waals surface area contributed by atoms with Crippen molar-refractivity contribution in [2.45, 2.75) is 17.2 Å². The molecule has 0 saturated heterocycles. The lowest BCUT2D eigenvalue weighted by Gasteiger charge is -2.13. The standard InChI is InChI=1S/C17H19NOS/c18-10-9-13-5-7-15(8-6-13)19-11-14-12-20-17-4-2-1-3-16(14)17/h1-8,14H,9-12,18H2. The van der Waals surface area contributed by atoms with Crippen LogP contribution < -0.4 is 10.5 Å². The van der Waals surface area contributed by atoms with Gasteiger partial charge >= 0.3 is 0 Å². The van der Waals surface area contributed by atoms with Crippen molar-refractivity contribution in [3.63, 3.8) is 0 Å². The van der Waals surface area contributed by atoms with E-state index in [1.54, 1.807) is 0 Å². The minimum atomic E-state index is 0.500. The maximum Gasteiger partial charge on any atom is 0.119 e. The minimum absolute atomic E-state index is 0.500. The lowest BCUT2D eigenvalue weighted by atomic mass is 10.0. The largest absolute Gasteiger partial charge is 0.493 e. The first kappa shape index (κ1) is 13.5. The van der Waals surface area contributed by atoms with E-state index in [9.17, 15) is 0 Å². The predicted molar refractivity (Wildman–Crippen MR) is 84.6 cm³/mol. The molecule has 0 radical (unpaired) electrons. The monoisotopic (exact) mass is 285 g/mol. The summed E-state index contributed by atoms with van der Waals surface area (Å²) in [5.41, 5.74) is 8.25. The third-order valence-electron chi connectivity index (χ3n) is 3.61. The van der Waals surface area contributed by atoms with Crippen molar-refractivity contribution in [1.29, 1.82) is 0 Å². The molecule has 1 atom stereocenters. The molecule has 0 aromatic heterocycles. The summed E-state index contributed by atoms with van der Waals surface area (Å²) < 4.78 is 5.94. The van der Waals surface area contributed by atoms with Gasteiger partial charge in [0.2, 0.25) is 0 Å². The van der Waals surface area contributed by atoms with Gasteiger partial charge < -0.3 is 10.5 Å². The van der Waals surface area contributed by atoms with Crippen LogP contribution in [0.4, 0.5) is 0 Å². The molecule has 0 fully saturated rings. The lowest BCUT2D eigenvalue weighted by Crippen LogP contribution is -2.09. The van der Waals surface area contributed by atoms with Crippen LogP contribution in [-0.4, -0.2) is 18.9 Å². The molecular formula is C17H19NOS. The van der Waals surface area contributed by atoms with E-state index in [1.807, 2.05) is 23.9 Å². The van der Waals surface area contributed by atoms with Gasteiger partial charge in [-0.2, -0.15) is 0 Å². The van der Waals surface area contributed by atoms with E-state index in [0.29, 0.717) is 12.5 Å². The maximum atomic E-state index is 5.94. The van der Waals surface area contributed by atoms with Crippen molar-refractivity contribution < 1.29 is 4.74 Å². The van der Waals surface area contributed by atoms with Crippen molar-refractivity contribution >= 4 is 11.8 Å². The zero-order valence-corrected chi connectivity index (χ0v) is 12.2. The molecule has 1 aliphatic heterocycles. The smallest absolute Gasteiger partial charge is 0.119 e. The van der Waals surface area contributed by atoms with Crippen LogP contribution in [0.15, 0.2) is 53.4 Å². The molecule has 2 aromatic carbocycles. The van der Waals surface area contributed by atoms with Gasteiger partial charge in [-0.3, -0.25) is 0 Å². The molecule has 20 heavy (non-hydrogen) atoms. The molecule has 0 bridgehead atoms. The second-order valence-corrected chi connectivity index (χ2v) is 6.10. The minimum Gasteiger partial charge on any atom is -0.493 e. The quantitative estimate of drug-likeness (QED) is 0.914. The summed E-state index contributed by atoms with van der Waals surface area (Å²) in [5.74, 6) is 2.56. The first-order valence-electron chi connectivity index (χ1n) is 7.00. The van der Waals surface area contributed by atoms with Crippen molar-refractivity contribution in [3.05, 3.63) is 59.7 Å². The first-order valence-corrected chi connectivity index (χ1v) is 7.99. The van der Waals surface area contributed by atoms with Gasteiger partial charge in [-0.25, -0.2) is 0 Å². The highest BCUT2D eigenvalue weighted by molar-refractivity contribution is 7.99. The number of hydrogen-bond acceptors (Lipinski definition) is 3. The Morgan fingerprint density at radius 2 is 1.90 bits per heavy atom. The van der Waals surface area contributed by atoms with Crippen LogP contribution in [-0.2, 0) is 6.42 Å². The van der Waals surface area contributed by atoms with Crippen LogP contribution in [0.25, 0.3) is 0 Å². The molecule has 3 heteroatoms. The van der Waals surface area contributed by atoms with Crippen LogP contribution in [0, 0.1) is 0 Å². The molecule has 2 aromatic rings. The van der Waals surface area contributed by atoms with Gasteiger partial charge in [0.25, 0.3) is 0 Å². The van der Waals surface area contributed by atoms with E-state index in [2.05, 4.69) is 36.4 Å². The summed E-state index contributed by atoms with van der Waals surface area (Å²) in [7, 11) is 0. The molecule has 2 nitrogen and oxygen atoms in total. The van der Waals surface area contributed by atoms with Crippen molar-refractivity contribution in [2.24, 2.45) is 5.73 Å². The van der Waals surface area contributed by atoms with Gasteiger partial charge in [-0.15, -0.1) is 11.8 Å². The number of thioether (sulfide) groups is 1. The zero-order valence-electron chi connectivity index (χ0n) is 11.4. The van der Waals surface area contributed by atoms with Gasteiger partial charge in [0.15, 0.2) is 0 Å². The summed E-state index contributed by atoms with van der Waals surface area (Å²) in [5, 5.41) is 0. The molecular weight excluding hydrogens is 266 g/mol. The van der Waals surface area contributed by atoms with E-state index in [-0.39, 0.29) is 0 Å². The van der Waals surface area contributed by atoms with Crippen LogP contribution in [0.5, 0.6) is 5.75 Å². The normalized spacial score (nSPS) is 16.9. The summed E-state index contributed by atoms with van der Waals surface area (Å²) in [6.07, 6.45) is 0.924. The van der Waals surface area contributed by atoms with Gasteiger partial charge in [-0.1, -0.05) is 30.3 Å². The third kappa shape index (κ3) is 3.00. The number of fused-ring (bicyclic) bond motifs is 1. The molecule has 0 aliphatic carbocycles. The molecule has 1 unspecified atom stereocenters. The first-order chi connectivity index (χ1) is 9.86. The molecule has 1 heterocycles. The van der Waals surface area contributed by atoms with Gasteiger partial charge in [-0.05, 0) is 42.3 Å². The van der Waals surface area contributed by atoms with Crippen LogP contribution >= 0.6 is 11.8 Å². The molecule has 0 amide bonds. The van der Waals surface area contributed by atoms with Gasteiger partial charge in [0, 0.05) is 16.6 Å². The Morgan fingerprint density at radius 1 is 1.10 bits per heavy atom. The summed E-state index contributed by atoms with van der Waals surface area (Å²) in [6.45, 7) is 1.44. The van der Waals surface area contributed by atoms with Crippen molar-refractivity contribution in [2.75, 3.05) is 18.9 Å². The highest BCUT2D eigenvalue weighted by Gasteiger charge is 2.23. The van der Waals surface area contributed by atoms with E-state index in [1.165, 1.54) is 16.0 Å². The Morgan fingerprint density at radius 3 is 2.70 bits per heavy atom. The van der Waals surface area contributed by atoms with Gasteiger partial charge in [0.1, 0.15) is 5.75 Å². The van der Waals surface area contributed by atoms with E-state index < -0.39 is 0 Å².